The zero-order chi connectivity index (χ0) is 15.1. The number of benzene rings is 1. The number of hydrogen-bond donors (Lipinski definition) is 3. The molecule has 0 radical (unpaired) electrons. The lowest BCUT2D eigenvalue weighted by molar-refractivity contribution is -0.139. The van der Waals surface area contributed by atoms with Crippen molar-refractivity contribution >= 4 is 34.0 Å². The predicted octanol–water partition coefficient (Wildman–Crippen LogP) is 1.38. The Balaban J connectivity index is 2.53. The second-order valence-corrected chi connectivity index (χ2v) is 5.42. The number of hydrogen-bond acceptors (Lipinski definition) is 4. The van der Waals surface area contributed by atoms with Crippen LogP contribution in [0.25, 0.3) is 0 Å². The van der Waals surface area contributed by atoms with Crippen LogP contribution in [-0.2, 0) is 9.59 Å². The van der Waals surface area contributed by atoms with Crippen LogP contribution in [0.1, 0.15) is 19.4 Å². The molecular formula is C13H16BrN3O3. The molecule has 20 heavy (non-hydrogen) atoms. The summed E-state index contributed by atoms with van der Waals surface area (Å²) in [5.41, 5.74) is 2.51. The zero-order valence-corrected chi connectivity index (χ0v) is 12.8. The molecule has 0 saturated heterocycles. The molecule has 0 unspecified atom stereocenters. The molecule has 1 rings (SSSR count). The van der Waals surface area contributed by atoms with E-state index in [0.717, 1.165) is 4.47 Å². The van der Waals surface area contributed by atoms with Crippen molar-refractivity contribution in [1.29, 1.82) is 0 Å². The van der Waals surface area contributed by atoms with Crippen LogP contribution in [0.3, 0.4) is 0 Å². The van der Waals surface area contributed by atoms with Crippen LogP contribution in [0.15, 0.2) is 27.8 Å². The fraction of sp³-hybridized carbons (Fsp3) is 0.308. The van der Waals surface area contributed by atoms with E-state index in [9.17, 15) is 14.7 Å². The van der Waals surface area contributed by atoms with Crippen molar-refractivity contribution in [3.63, 3.8) is 0 Å². The van der Waals surface area contributed by atoms with Gasteiger partial charge in [0.2, 0.25) is 0 Å². The lowest BCUT2D eigenvalue weighted by atomic mass is 10.2. The summed E-state index contributed by atoms with van der Waals surface area (Å²) in [6, 6.07) is 4.79. The van der Waals surface area contributed by atoms with Gasteiger partial charge in [-0.25, -0.2) is 5.43 Å². The SMILES string of the molecule is CC(C)CNC(=O)C(=O)N/N=C\c1cc(Br)ccc1O. The first-order valence-corrected chi connectivity index (χ1v) is 6.79. The Bertz CT molecular complexity index is 530. The van der Waals surface area contributed by atoms with Gasteiger partial charge in [-0.3, -0.25) is 9.59 Å². The number of hydrazone groups is 1. The number of rotatable bonds is 4. The molecule has 1 aromatic rings. The number of carbonyl (C=O) groups excluding carboxylic acids is 2. The van der Waals surface area contributed by atoms with Gasteiger partial charge in [-0.15, -0.1) is 0 Å². The van der Waals surface area contributed by atoms with Gasteiger partial charge in [0, 0.05) is 16.6 Å². The number of phenolic OH excluding ortho intramolecular Hbond substituents is 1. The number of amides is 2. The molecule has 1 aromatic carbocycles. The smallest absolute Gasteiger partial charge is 0.329 e. The largest absolute Gasteiger partial charge is 0.507 e. The maximum Gasteiger partial charge on any atom is 0.329 e. The molecule has 6 nitrogen and oxygen atoms in total. The molecule has 0 aliphatic heterocycles. The molecule has 0 heterocycles. The third-order valence-corrected chi connectivity index (χ3v) is 2.73. The van der Waals surface area contributed by atoms with E-state index in [1.165, 1.54) is 12.3 Å². The van der Waals surface area contributed by atoms with Crippen LogP contribution in [0.4, 0.5) is 0 Å². The Hall–Kier alpha value is -1.89. The van der Waals surface area contributed by atoms with Gasteiger partial charge in [-0.05, 0) is 24.1 Å². The predicted molar refractivity (Wildman–Crippen MR) is 79.4 cm³/mol. The third kappa shape index (κ3) is 5.40. The summed E-state index contributed by atoms with van der Waals surface area (Å²) in [5.74, 6) is -1.31. The Morgan fingerprint density at radius 3 is 2.75 bits per heavy atom. The van der Waals surface area contributed by atoms with Gasteiger partial charge in [0.1, 0.15) is 5.75 Å². The minimum atomic E-state index is -0.851. The molecular weight excluding hydrogens is 326 g/mol. The van der Waals surface area contributed by atoms with Crippen molar-refractivity contribution in [2.24, 2.45) is 11.0 Å². The summed E-state index contributed by atoms with van der Waals surface area (Å²) in [6.07, 6.45) is 1.26. The van der Waals surface area contributed by atoms with Gasteiger partial charge in [0.15, 0.2) is 0 Å². The van der Waals surface area contributed by atoms with Crippen molar-refractivity contribution < 1.29 is 14.7 Å². The number of phenols is 1. The fourth-order valence-corrected chi connectivity index (χ4v) is 1.60. The van der Waals surface area contributed by atoms with Gasteiger partial charge in [0.25, 0.3) is 0 Å². The first-order chi connectivity index (χ1) is 9.40. The van der Waals surface area contributed by atoms with E-state index in [0.29, 0.717) is 12.1 Å². The number of halogens is 1. The van der Waals surface area contributed by atoms with Crippen LogP contribution in [-0.4, -0.2) is 29.7 Å². The van der Waals surface area contributed by atoms with Crippen molar-refractivity contribution in [1.82, 2.24) is 10.7 Å². The summed E-state index contributed by atoms with van der Waals surface area (Å²) >= 11 is 3.25. The monoisotopic (exact) mass is 341 g/mol. The molecule has 3 N–H and O–H groups in total. The molecule has 0 atom stereocenters. The van der Waals surface area contributed by atoms with Crippen molar-refractivity contribution in [3.8, 4) is 5.75 Å². The molecule has 0 aliphatic carbocycles. The first kappa shape index (κ1) is 16.2. The molecule has 0 aromatic heterocycles. The highest BCUT2D eigenvalue weighted by atomic mass is 79.9. The minimum absolute atomic E-state index is 0.0236. The lowest BCUT2D eigenvalue weighted by Gasteiger charge is -2.05. The van der Waals surface area contributed by atoms with Gasteiger partial charge in [-0.1, -0.05) is 29.8 Å². The van der Waals surface area contributed by atoms with Gasteiger partial charge in [0.05, 0.1) is 6.21 Å². The summed E-state index contributed by atoms with van der Waals surface area (Å²) < 4.78 is 0.762. The number of nitrogens with zero attached hydrogens (tertiary/aromatic N) is 1. The van der Waals surface area contributed by atoms with Crippen LogP contribution in [0.5, 0.6) is 5.75 Å². The lowest BCUT2D eigenvalue weighted by Crippen LogP contribution is -2.39. The van der Waals surface area contributed by atoms with Gasteiger partial charge < -0.3 is 10.4 Å². The van der Waals surface area contributed by atoms with E-state index in [4.69, 9.17) is 0 Å². The third-order valence-electron chi connectivity index (χ3n) is 2.24. The van der Waals surface area contributed by atoms with Crippen molar-refractivity contribution in [3.05, 3.63) is 28.2 Å². The van der Waals surface area contributed by atoms with E-state index >= 15 is 0 Å². The second kappa shape index (κ2) is 7.64. The normalized spacial score (nSPS) is 10.8. The average molecular weight is 342 g/mol. The van der Waals surface area contributed by atoms with Crippen LogP contribution in [0.2, 0.25) is 0 Å². The summed E-state index contributed by atoms with van der Waals surface area (Å²) in [6.45, 7) is 4.27. The molecule has 0 bridgehead atoms. The first-order valence-electron chi connectivity index (χ1n) is 6.00. The summed E-state index contributed by atoms with van der Waals surface area (Å²) in [5, 5.41) is 15.6. The zero-order valence-electron chi connectivity index (χ0n) is 11.2. The Morgan fingerprint density at radius 2 is 2.10 bits per heavy atom. The van der Waals surface area contributed by atoms with Gasteiger partial charge >= 0.3 is 11.8 Å². The van der Waals surface area contributed by atoms with E-state index < -0.39 is 11.8 Å². The minimum Gasteiger partial charge on any atom is -0.507 e. The van der Waals surface area contributed by atoms with Crippen molar-refractivity contribution in [2.75, 3.05) is 6.54 Å². The van der Waals surface area contributed by atoms with E-state index in [2.05, 4.69) is 31.8 Å². The molecule has 2 amide bonds. The maximum absolute atomic E-state index is 11.4. The van der Waals surface area contributed by atoms with Crippen molar-refractivity contribution in [2.45, 2.75) is 13.8 Å². The standard InChI is InChI=1S/C13H16BrN3O3/c1-8(2)6-15-12(19)13(20)17-16-7-9-5-10(14)3-4-11(9)18/h3-5,7-8,18H,6H2,1-2H3,(H,15,19)(H,17,20)/b16-7-. The molecule has 0 saturated carbocycles. The second-order valence-electron chi connectivity index (χ2n) is 4.51. The number of aromatic hydroxyl groups is 1. The Kier molecular flexibility index (Phi) is 6.17. The van der Waals surface area contributed by atoms with E-state index in [-0.39, 0.29) is 11.7 Å². The highest BCUT2D eigenvalue weighted by Crippen LogP contribution is 2.19. The summed E-state index contributed by atoms with van der Waals surface area (Å²) in [7, 11) is 0. The summed E-state index contributed by atoms with van der Waals surface area (Å²) in [4.78, 5) is 22.7. The fourth-order valence-electron chi connectivity index (χ4n) is 1.22. The van der Waals surface area contributed by atoms with E-state index in [1.54, 1.807) is 12.1 Å². The number of nitrogens with one attached hydrogen (secondary N) is 2. The van der Waals surface area contributed by atoms with Gasteiger partial charge in [-0.2, -0.15) is 5.10 Å². The Labute approximate surface area is 125 Å². The van der Waals surface area contributed by atoms with Crippen LogP contribution < -0.4 is 10.7 Å². The molecule has 7 heteroatoms. The molecule has 108 valence electrons. The number of carbonyl (C=O) groups is 2. The molecule has 0 fully saturated rings. The quantitative estimate of drug-likeness (QED) is 0.439. The highest BCUT2D eigenvalue weighted by Gasteiger charge is 2.12. The van der Waals surface area contributed by atoms with Crippen LogP contribution in [0, 0.1) is 5.92 Å². The highest BCUT2D eigenvalue weighted by molar-refractivity contribution is 9.10. The topological polar surface area (TPSA) is 90.8 Å². The van der Waals surface area contributed by atoms with E-state index in [1.807, 2.05) is 13.8 Å². The maximum atomic E-state index is 11.4. The molecule has 0 aliphatic rings. The average Bonchev–Trinajstić information content (AvgIpc) is 2.39. The van der Waals surface area contributed by atoms with Crippen LogP contribution >= 0.6 is 15.9 Å². The Morgan fingerprint density at radius 1 is 1.40 bits per heavy atom. The molecule has 0 spiro atoms.